The number of ether oxygens (including phenoxy) is 2. The van der Waals surface area contributed by atoms with Crippen LogP contribution in [-0.4, -0.2) is 12.6 Å². The first kappa shape index (κ1) is 25.2. The van der Waals surface area contributed by atoms with E-state index in [1.54, 1.807) is 0 Å². The lowest BCUT2D eigenvalue weighted by Crippen LogP contribution is -2.25. The number of rotatable bonds is 10. The van der Waals surface area contributed by atoms with Crippen molar-refractivity contribution in [3.8, 4) is 5.75 Å². The van der Waals surface area contributed by atoms with Crippen LogP contribution in [0.1, 0.15) is 47.9 Å². The summed E-state index contributed by atoms with van der Waals surface area (Å²) in [7, 11) is 0. The molecule has 1 aliphatic carbocycles. The molecule has 4 nitrogen and oxygen atoms in total. The van der Waals surface area contributed by atoms with Gasteiger partial charge in [-0.1, -0.05) is 73.5 Å². The minimum atomic E-state index is -0.391. The Morgan fingerprint density at radius 3 is 2.40 bits per heavy atom. The summed E-state index contributed by atoms with van der Waals surface area (Å²) in [5.41, 5.74) is 3.88. The van der Waals surface area contributed by atoms with Crippen molar-refractivity contribution < 1.29 is 18.7 Å². The predicted molar refractivity (Wildman–Crippen MR) is 139 cm³/mol. The molecule has 1 N–H and O–H groups in total. The Bertz CT molecular complexity index is 1110. The van der Waals surface area contributed by atoms with E-state index in [0.29, 0.717) is 29.3 Å². The Balaban J connectivity index is 1.19. The Labute approximate surface area is 215 Å². The minimum absolute atomic E-state index is 0.196. The summed E-state index contributed by atoms with van der Waals surface area (Å²) < 4.78 is 26.7. The van der Waals surface area contributed by atoms with Crippen LogP contribution in [0, 0.1) is 11.7 Å². The van der Waals surface area contributed by atoms with Crippen LogP contribution in [0.2, 0.25) is 0 Å². The Morgan fingerprint density at radius 2 is 1.69 bits per heavy atom. The first-order chi connectivity index (χ1) is 17.1. The van der Waals surface area contributed by atoms with Gasteiger partial charge >= 0.3 is 6.09 Å². The fourth-order valence-corrected chi connectivity index (χ4v) is 4.96. The second-order valence-corrected chi connectivity index (χ2v) is 9.80. The van der Waals surface area contributed by atoms with Gasteiger partial charge in [0.05, 0.1) is 4.47 Å². The molecule has 6 heteroatoms. The van der Waals surface area contributed by atoms with Crippen LogP contribution in [-0.2, 0) is 30.8 Å². The molecule has 4 rings (SSSR count). The van der Waals surface area contributed by atoms with Gasteiger partial charge in [0.25, 0.3) is 0 Å². The monoisotopic (exact) mass is 539 g/mol. The molecule has 0 aliphatic heterocycles. The summed E-state index contributed by atoms with van der Waals surface area (Å²) in [5.74, 6) is 0.817. The number of nitrogens with one attached hydrogen (secondary N) is 1. The van der Waals surface area contributed by atoms with Crippen LogP contribution in [0.4, 0.5) is 9.18 Å². The number of amides is 1. The average Bonchev–Trinajstić information content (AvgIpc) is 2.90. The van der Waals surface area contributed by atoms with Gasteiger partial charge in [0.15, 0.2) is 0 Å². The fourth-order valence-electron chi connectivity index (χ4n) is 4.49. The third-order valence-electron chi connectivity index (χ3n) is 6.44. The molecule has 1 amide bonds. The van der Waals surface area contributed by atoms with Crippen molar-refractivity contribution in [2.24, 2.45) is 5.92 Å². The minimum Gasteiger partial charge on any atom is -0.488 e. The Hall–Kier alpha value is -2.86. The van der Waals surface area contributed by atoms with Crippen molar-refractivity contribution in [3.05, 3.63) is 99.3 Å². The lowest BCUT2D eigenvalue weighted by molar-refractivity contribution is 0.139. The number of carbonyl (C=O) groups excluding carboxylic acids is 1. The molecule has 0 heterocycles. The Morgan fingerprint density at radius 1 is 1.00 bits per heavy atom. The van der Waals surface area contributed by atoms with Crippen molar-refractivity contribution in [1.29, 1.82) is 0 Å². The molecule has 0 saturated heterocycles. The van der Waals surface area contributed by atoms with E-state index in [1.165, 1.54) is 0 Å². The second-order valence-electron chi connectivity index (χ2n) is 9.01. The first-order valence-corrected chi connectivity index (χ1v) is 13.0. The third kappa shape index (κ3) is 7.31. The highest BCUT2D eigenvalue weighted by atomic mass is 79.9. The molecule has 0 unspecified atom stereocenters. The van der Waals surface area contributed by atoms with Crippen molar-refractivity contribution in [1.82, 2.24) is 5.32 Å². The maximum Gasteiger partial charge on any atom is 0.407 e. The highest BCUT2D eigenvalue weighted by molar-refractivity contribution is 9.10. The molecule has 0 bridgehead atoms. The van der Waals surface area contributed by atoms with Crippen molar-refractivity contribution >= 4 is 22.0 Å². The Kier molecular flexibility index (Phi) is 9.18. The van der Waals surface area contributed by atoms with Gasteiger partial charge in [-0.3, -0.25) is 0 Å². The van der Waals surface area contributed by atoms with E-state index < -0.39 is 6.09 Å². The third-order valence-corrected chi connectivity index (χ3v) is 7.18. The van der Waals surface area contributed by atoms with Crippen molar-refractivity contribution in [2.45, 2.75) is 51.7 Å². The summed E-state index contributed by atoms with van der Waals surface area (Å²) in [4.78, 5) is 11.9. The van der Waals surface area contributed by atoms with Crippen molar-refractivity contribution in [3.63, 3.8) is 0 Å². The molecule has 0 aromatic heterocycles. The van der Waals surface area contributed by atoms with E-state index in [2.05, 4.69) is 21.2 Å². The predicted octanol–water partition coefficient (Wildman–Crippen LogP) is 7.37. The van der Waals surface area contributed by atoms with Gasteiger partial charge in [-0.25, -0.2) is 9.18 Å². The zero-order chi connectivity index (χ0) is 24.5. The number of benzene rings is 3. The summed E-state index contributed by atoms with van der Waals surface area (Å²) >= 11 is 3.42. The second kappa shape index (κ2) is 12.7. The summed E-state index contributed by atoms with van der Waals surface area (Å²) in [6, 6.07) is 21.5. The molecule has 35 heavy (non-hydrogen) atoms. The van der Waals surface area contributed by atoms with Crippen molar-refractivity contribution in [2.75, 3.05) is 6.54 Å². The topological polar surface area (TPSA) is 47.6 Å². The maximum atomic E-state index is 15.2. The number of unbranched alkanes of at least 4 members (excludes halogenated alkanes) is 1. The molecular weight excluding hydrogens is 509 g/mol. The van der Waals surface area contributed by atoms with E-state index in [1.807, 2.05) is 66.7 Å². The van der Waals surface area contributed by atoms with Crippen LogP contribution >= 0.6 is 15.9 Å². The number of halogens is 2. The van der Waals surface area contributed by atoms with E-state index in [4.69, 9.17) is 9.47 Å². The molecular formula is C29H31BrFNO3. The highest BCUT2D eigenvalue weighted by Gasteiger charge is 2.25. The number of fused-ring (bicyclic) bond motifs is 1. The fraction of sp³-hybridized carbons (Fsp3) is 0.345. The molecule has 3 aromatic rings. The van der Waals surface area contributed by atoms with Crippen LogP contribution < -0.4 is 10.1 Å². The van der Waals surface area contributed by atoms with Crippen LogP contribution in [0.25, 0.3) is 0 Å². The van der Waals surface area contributed by atoms with E-state index in [-0.39, 0.29) is 12.4 Å². The zero-order valence-electron chi connectivity index (χ0n) is 19.8. The molecule has 0 spiro atoms. The van der Waals surface area contributed by atoms with E-state index in [9.17, 15) is 4.79 Å². The van der Waals surface area contributed by atoms with Gasteiger partial charge in [0, 0.05) is 6.54 Å². The lowest BCUT2D eigenvalue weighted by Gasteiger charge is -2.26. The van der Waals surface area contributed by atoms with Gasteiger partial charge in [-0.15, -0.1) is 0 Å². The number of hydrogen-bond donors (Lipinski definition) is 1. The maximum absolute atomic E-state index is 15.2. The SMILES string of the molecule is O=C(NCCCC[C@@H]1CCc2cc(OCc3ccccc3)c(Br)c(F)c2C1)OCc1ccccc1. The number of carbonyl (C=O) groups is 1. The van der Waals surface area contributed by atoms with Gasteiger partial charge in [-0.05, 0) is 75.9 Å². The summed E-state index contributed by atoms with van der Waals surface area (Å²) in [6.07, 6.45) is 5.13. The lowest BCUT2D eigenvalue weighted by atomic mass is 9.81. The quantitative estimate of drug-likeness (QED) is 0.273. The molecule has 0 saturated carbocycles. The average molecular weight is 540 g/mol. The molecule has 1 atom stereocenters. The molecule has 3 aromatic carbocycles. The first-order valence-electron chi connectivity index (χ1n) is 12.2. The van der Waals surface area contributed by atoms with Gasteiger partial charge in [0.1, 0.15) is 24.8 Å². The highest BCUT2D eigenvalue weighted by Crippen LogP contribution is 2.38. The standard InChI is InChI=1S/C29H31BrFNO3/c30-27-26(34-19-22-10-3-1-4-11-22)18-24-15-14-21(17-25(24)28(27)31)9-7-8-16-32-29(33)35-20-23-12-5-2-6-13-23/h1-6,10-13,18,21H,7-9,14-17,19-20H2,(H,32,33)/t21-/m1/s1. The van der Waals surface area contributed by atoms with E-state index >= 15 is 4.39 Å². The number of aryl methyl sites for hydroxylation is 1. The van der Waals surface area contributed by atoms with Gasteiger partial charge in [0.2, 0.25) is 0 Å². The zero-order valence-corrected chi connectivity index (χ0v) is 21.4. The smallest absolute Gasteiger partial charge is 0.407 e. The van der Waals surface area contributed by atoms with Crippen LogP contribution in [0.5, 0.6) is 5.75 Å². The number of alkyl carbamates (subject to hydrolysis) is 1. The van der Waals surface area contributed by atoms with Gasteiger partial charge < -0.3 is 14.8 Å². The van der Waals surface area contributed by atoms with Gasteiger partial charge in [-0.2, -0.15) is 0 Å². The van der Waals surface area contributed by atoms with E-state index in [0.717, 1.165) is 60.8 Å². The molecule has 184 valence electrons. The van der Waals surface area contributed by atoms with Crippen LogP contribution in [0.15, 0.2) is 71.2 Å². The number of hydrogen-bond acceptors (Lipinski definition) is 3. The van der Waals surface area contributed by atoms with Crippen LogP contribution in [0.3, 0.4) is 0 Å². The molecule has 0 radical (unpaired) electrons. The summed E-state index contributed by atoms with van der Waals surface area (Å²) in [6.45, 7) is 1.27. The molecule has 0 fully saturated rings. The largest absolute Gasteiger partial charge is 0.488 e. The normalized spacial score (nSPS) is 14.7. The molecule has 1 aliphatic rings. The summed E-state index contributed by atoms with van der Waals surface area (Å²) in [5, 5.41) is 2.81.